The van der Waals surface area contributed by atoms with Gasteiger partial charge in [0.2, 0.25) is 0 Å². The first kappa shape index (κ1) is 16.0. The Balaban J connectivity index is 2.43. The van der Waals surface area contributed by atoms with E-state index in [0.29, 0.717) is 13.1 Å². The summed E-state index contributed by atoms with van der Waals surface area (Å²) >= 11 is 0. The number of aliphatic hydroxyl groups excluding tert-OH is 1. The number of rotatable bonds is 4. The molecular weight excluding hydrogens is 270 g/mol. The fourth-order valence-corrected chi connectivity index (χ4v) is 1.73. The van der Waals surface area contributed by atoms with Crippen LogP contribution in [0, 0.1) is 0 Å². The quantitative estimate of drug-likeness (QED) is 0.605. The molecule has 0 spiro atoms. The molecule has 1 saturated heterocycles. The molecule has 1 rings (SSSR count). The number of aliphatic carboxylic acids is 1. The molecule has 1 aliphatic heterocycles. The molecule has 1 heterocycles. The van der Waals surface area contributed by atoms with Crippen molar-refractivity contribution in [3.05, 3.63) is 0 Å². The third kappa shape index (κ3) is 4.26. The monoisotopic (exact) mass is 289 g/mol. The van der Waals surface area contributed by atoms with Crippen molar-refractivity contribution >= 4 is 18.1 Å². The number of carboxylic acids is 1. The van der Waals surface area contributed by atoms with Gasteiger partial charge in [-0.2, -0.15) is 0 Å². The molecule has 1 aliphatic rings. The van der Waals surface area contributed by atoms with Crippen LogP contribution in [0.25, 0.3) is 0 Å². The molecule has 0 aromatic heterocycles. The third-order valence-corrected chi connectivity index (χ3v) is 2.87. The SMILES string of the molecule is CCOC(=O)N1CCN(C(=O)NC(CO)C(=O)O)CC1. The molecule has 0 aromatic rings. The number of ether oxygens (including phenoxy) is 1. The molecule has 20 heavy (non-hydrogen) atoms. The van der Waals surface area contributed by atoms with Crippen LogP contribution in [0.15, 0.2) is 0 Å². The summed E-state index contributed by atoms with van der Waals surface area (Å²) in [5.74, 6) is -1.30. The number of nitrogens with zero attached hydrogens (tertiary/aromatic N) is 2. The third-order valence-electron chi connectivity index (χ3n) is 2.87. The number of hydrogen-bond donors (Lipinski definition) is 3. The molecule has 9 heteroatoms. The van der Waals surface area contributed by atoms with Gasteiger partial charge in [0, 0.05) is 26.2 Å². The molecule has 1 unspecified atom stereocenters. The van der Waals surface area contributed by atoms with E-state index in [-0.39, 0.29) is 19.7 Å². The zero-order valence-corrected chi connectivity index (χ0v) is 11.2. The number of aliphatic hydroxyl groups is 1. The highest BCUT2D eigenvalue weighted by molar-refractivity contribution is 5.82. The highest BCUT2D eigenvalue weighted by Gasteiger charge is 2.27. The first-order valence-corrected chi connectivity index (χ1v) is 6.30. The van der Waals surface area contributed by atoms with Gasteiger partial charge in [0.25, 0.3) is 0 Å². The van der Waals surface area contributed by atoms with Crippen molar-refractivity contribution in [1.29, 1.82) is 0 Å². The molecule has 3 N–H and O–H groups in total. The smallest absolute Gasteiger partial charge is 0.409 e. The van der Waals surface area contributed by atoms with E-state index in [0.717, 1.165) is 0 Å². The predicted molar refractivity (Wildman–Crippen MR) is 67.2 cm³/mol. The number of hydrogen-bond acceptors (Lipinski definition) is 5. The number of nitrogens with one attached hydrogen (secondary N) is 1. The standard InChI is InChI=1S/C11H19N3O6/c1-2-20-11(19)14-5-3-13(4-6-14)10(18)12-8(7-15)9(16)17/h8,15H,2-7H2,1H3,(H,12,18)(H,16,17). The Morgan fingerprint density at radius 2 is 1.75 bits per heavy atom. The van der Waals surface area contributed by atoms with Gasteiger partial charge < -0.3 is 30.1 Å². The summed E-state index contributed by atoms with van der Waals surface area (Å²) in [7, 11) is 0. The topological polar surface area (TPSA) is 119 Å². The number of amides is 3. The number of carboxylic acid groups (broad SMARTS) is 1. The second-order valence-electron chi connectivity index (χ2n) is 4.20. The minimum Gasteiger partial charge on any atom is -0.480 e. The Morgan fingerprint density at radius 1 is 1.20 bits per heavy atom. The van der Waals surface area contributed by atoms with Crippen molar-refractivity contribution in [2.45, 2.75) is 13.0 Å². The maximum atomic E-state index is 11.8. The first-order valence-electron chi connectivity index (χ1n) is 6.30. The Kier molecular flexibility index (Phi) is 6.04. The predicted octanol–water partition coefficient (Wildman–Crippen LogP) is -1.08. The van der Waals surface area contributed by atoms with Crippen LogP contribution in [-0.2, 0) is 9.53 Å². The summed E-state index contributed by atoms with van der Waals surface area (Å²) in [4.78, 5) is 36.8. The molecule has 114 valence electrons. The van der Waals surface area contributed by atoms with Crippen molar-refractivity contribution in [1.82, 2.24) is 15.1 Å². The molecule has 3 amide bonds. The van der Waals surface area contributed by atoms with Crippen LogP contribution in [0.4, 0.5) is 9.59 Å². The zero-order chi connectivity index (χ0) is 15.1. The molecule has 0 radical (unpaired) electrons. The fraction of sp³-hybridized carbons (Fsp3) is 0.727. The Bertz CT molecular complexity index is 367. The maximum Gasteiger partial charge on any atom is 0.409 e. The molecule has 9 nitrogen and oxygen atoms in total. The van der Waals surface area contributed by atoms with E-state index in [2.05, 4.69) is 5.32 Å². The van der Waals surface area contributed by atoms with Gasteiger partial charge in [-0.25, -0.2) is 14.4 Å². The summed E-state index contributed by atoms with van der Waals surface area (Å²) in [6.45, 7) is 2.53. The summed E-state index contributed by atoms with van der Waals surface area (Å²) in [6, 6.07) is -1.90. The van der Waals surface area contributed by atoms with Crippen LogP contribution in [0.5, 0.6) is 0 Å². The van der Waals surface area contributed by atoms with Crippen LogP contribution in [0.3, 0.4) is 0 Å². The van der Waals surface area contributed by atoms with Crippen LogP contribution >= 0.6 is 0 Å². The highest BCUT2D eigenvalue weighted by atomic mass is 16.6. The van der Waals surface area contributed by atoms with Crippen molar-refractivity contribution in [2.24, 2.45) is 0 Å². The number of carbonyl (C=O) groups is 3. The summed E-state index contributed by atoms with van der Waals surface area (Å²) in [5, 5.41) is 19.8. The van der Waals surface area contributed by atoms with E-state index in [1.165, 1.54) is 9.80 Å². The molecule has 0 bridgehead atoms. The molecule has 1 atom stereocenters. The second kappa shape index (κ2) is 7.53. The number of carbonyl (C=O) groups excluding carboxylic acids is 2. The minimum absolute atomic E-state index is 0.280. The van der Waals surface area contributed by atoms with Gasteiger partial charge in [-0.05, 0) is 6.92 Å². The number of urea groups is 1. The lowest BCUT2D eigenvalue weighted by molar-refractivity contribution is -0.140. The lowest BCUT2D eigenvalue weighted by Crippen LogP contribution is -2.56. The molecule has 0 saturated carbocycles. The molecule has 1 fully saturated rings. The van der Waals surface area contributed by atoms with Gasteiger partial charge >= 0.3 is 18.1 Å². The summed E-state index contributed by atoms with van der Waals surface area (Å²) in [6.07, 6.45) is -0.425. The van der Waals surface area contributed by atoms with Crippen molar-refractivity contribution in [3.63, 3.8) is 0 Å². The van der Waals surface area contributed by atoms with Crippen LogP contribution in [-0.4, -0.2) is 83.5 Å². The van der Waals surface area contributed by atoms with Crippen LogP contribution in [0.1, 0.15) is 6.92 Å². The lowest BCUT2D eigenvalue weighted by Gasteiger charge is -2.34. The van der Waals surface area contributed by atoms with Crippen molar-refractivity contribution < 1.29 is 29.3 Å². The van der Waals surface area contributed by atoms with Crippen LogP contribution in [0.2, 0.25) is 0 Å². The van der Waals surface area contributed by atoms with E-state index in [4.69, 9.17) is 14.9 Å². The molecular formula is C11H19N3O6. The first-order chi connectivity index (χ1) is 9.49. The normalized spacial score (nSPS) is 16.5. The minimum atomic E-state index is -1.33. The average Bonchev–Trinajstić information content (AvgIpc) is 2.44. The Hall–Kier alpha value is -2.03. The number of piperazine rings is 1. The van der Waals surface area contributed by atoms with Gasteiger partial charge in [-0.1, -0.05) is 0 Å². The summed E-state index contributed by atoms with van der Waals surface area (Å²) in [5.41, 5.74) is 0. The highest BCUT2D eigenvalue weighted by Crippen LogP contribution is 2.04. The van der Waals surface area contributed by atoms with Crippen molar-refractivity contribution in [3.8, 4) is 0 Å². The Morgan fingerprint density at radius 3 is 2.20 bits per heavy atom. The van der Waals surface area contributed by atoms with Gasteiger partial charge in [0.1, 0.15) is 0 Å². The fourth-order valence-electron chi connectivity index (χ4n) is 1.73. The van der Waals surface area contributed by atoms with Gasteiger partial charge in [-0.15, -0.1) is 0 Å². The summed E-state index contributed by atoms with van der Waals surface area (Å²) < 4.78 is 4.85. The van der Waals surface area contributed by atoms with Gasteiger partial charge in [0.15, 0.2) is 6.04 Å². The largest absolute Gasteiger partial charge is 0.480 e. The average molecular weight is 289 g/mol. The zero-order valence-electron chi connectivity index (χ0n) is 11.2. The van der Waals surface area contributed by atoms with E-state index in [1.54, 1.807) is 6.92 Å². The van der Waals surface area contributed by atoms with Crippen molar-refractivity contribution in [2.75, 3.05) is 39.4 Å². The van der Waals surface area contributed by atoms with Gasteiger partial charge in [-0.3, -0.25) is 0 Å². The van der Waals surface area contributed by atoms with E-state index in [9.17, 15) is 14.4 Å². The van der Waals surface area contributed by atoms with E-state index < -0.39 is 30.7 Å². The van der Waals surface area contributed by atoms with Crippen LogP contribution < -0.4 is 5.32 Å². The maximum absolute atomic E-state index is 11.8. The van der Waals surface area contributed by atoms with E-state index in [1.807, 2.05) is 0 Å². The lowest BCUT2D eigenvalue weighted by atomic mass is 10.3. The van der Waals surface area contributed by atoms with E-state index >= 15 is 0 Å². The Labute approximate surface area is 116 Å². The van der Waals surface area contributed by atoms with Gasteiger partial charge in [0.05, 0.1) is 13.2 Å². The molecule has 0 aromatic carbocycles. The molecule has 0 aliphatic carbocycles. The second-order valence-corrected chi connectivity index (χ2v) is 4.20.